The monoisotopic (exact) mass is 625 g/mol. The van der Waals surface area contributed by atoms with Gasteiger partial charge < -0.3 is 15.0 Å². The first-order chi connectivity index (χ1) is 20.5. The van der Waals surface area contributed by atoms with E-state index in [4.69, 9.17) is 16.3 Å². The van der Waals surface area contributed by atoms with Gasteiger partial charge in [-0.2, -0.15) is 0 Å². The molecule has 0 bridgehead atoms. The van der Waals surface area contributed by atoms with Crippen molar-refractivity contribution < 1.29 is 22.7 Å². The molecule has 3 aromatic rings. The van der Waals surface area contributed by atoms with Crippen molar-refractivity contribution in [3.05, 3.63) is 88.4 Å². The number of nitrogens with one attached hydrogen (secondary N) is 1. The van der Waals surface area contributed by atoms with Gasteiger partial charge in [-0.15, -0.1) is 0 Å². The fourth-order valence-electron chi connectivity index (χ4n) is 5.33. The highest BCUT2D eigenvalue weighted by Gasteiger charge is 2.33. The van der Waals surface area contributed by atoms with Gasteiger partial charge in [0.05, 0.1) is 17.7 Å². The second kappa shape index (κ2) is 14.3. The van der Waals surface area contributed by atoms with Crippen LogP contribution in [0, 0.1) is 13.8 Å². The second-order valence-corrected chi connectivity index (χ2v) is 13.4. The largest absolute Gasteiger partial charge is 0.497 e. The van der Waals surface area contributed by atoms with Gasteiger partial charge in [0.1, 0.15) is 18.3 Å². The first kappa shape index (κ1) is 32.4. The Kier molecular flexibility index (Phi) is 10.7. The van der Waals surface area contributed by atoms with E-state index in [1.807, 2.05) is 19.1 Å². The number of hydrogen-bond acceptors (Lipinski definition) is 5. The smallest absolute Gasteiger partial charge is 0.264 e. The fraction of sp³-hybridized carbons (Fsp3) is 0.394. The molecule has 0 saturated heterocycles. The highest BCUT2D eigenvalue weighted by atomic mass is 35.5. The van der Waals surface area contributed by atoms with Gasteiger partial charge in [0, 0.05) is 17.6 Å². The number of amides is 2. The Bertz CT molecular complexity index is 1520. The van der Waals surface area contributed by atoms with E-state index in [9.17, 15) is 18.0 Å². The Morgan fingerprint density at radius 2 is 1.63 bits per heavy atom. The van der Waals surface area contributed by atoms with Crippen LogP contribution < -0.4 is 14.4 Å². The zero-order chi connectivity index (χ0) is 31.1. The molecular formula is C33H40ClN3O5S. The number of benzene rings is 3. The third-order valence-corrected chi connectivity index (χ3v) is 9.96. The molecule has 2 amide bonds. The zero-order valence-electron chi connectivity index (χ0n) is 25.2. The van der Waals surface area contributed by atoms with Crippen LogP contribution in [-0.2, 0) is 26.2 Å². The lowest BCUT2D eigenvalue weighted by molar-refractivity contribution is -0.139. The molecule has 1 N–H and O–H groups in total. The van der Waals surface area contributed by atoms with E-state index in [1.54, 1.807) is 63.4 Å². The Balaban J connectivity index is 1.70. The highest BCUT2D eigenvalue weighted by Crippen LogP contribution is 2.30. The molecule has 1 aliphatic carbocycles. The number of methoxy groups -OCH3 is 1. The molecule has 0 unspecified atom stereocenters. The van der Waals surface area contributed by atoms with Crippen molar-refractivity contribution in [1.29, 1.82) is 0 Å². The maximum Gasteiger partial charge on any atom is 0.264 e. The average Bonchev–Trinajstić information content (AvgIpc) is 2.99. The van der Waals surface area contributed by atoms with Crippen molar-refractivity contribution in [2.24, 2.45) is 0 Å². The number of halogens is 1. The summed E-state index contributed by atoms with van der Waals surface area (Å²) in [6.45, 7) is 4.92. The lowest BCUT2D eigenvalue weighted by atomic mass is 9.95. The Labute approximate surface area is 260 Å². The minimum atomic E-state index is -4.16. The molecule has 0 aromatic heterocycles. The minimum Gasteiger partial charge on any atom is -0.497 e. The molecule has 0 heterocycles. The van der Waals surface area contributed by atoms with E-state index < -0.39 is 28.5 Å². The van der Waals surface area contributed by atoms with E-state index in [0.717, 1.165) is 47.5 Å². The standard InChI is InChI=1S/C33H40ClN3O5S/c1-23-10-17-30(18-11-23)43(40,41)37(31-19-14-27(34)20-24(31)2)22-32(38)36(21-26-12-15-29(42-4)16-13-26)25(3)33(39)35-28-8-6-5-7-9-28/h10-20,25,28H,5-9,21-22H2,1-4H3,(H,35,39)/t25-/m0/s1. The predicted octanol–water partition coefficient (Wildman–Crippen LogP) is 6.03. The van der Waals surface area contributed by atoms with Crippen molar-refractivity contribution >= 4 is 39.1 Å². The molecule has 1 atom stereocenters. The minimum absolute atomic E-state index is 0.0602. The second-order valence-electron chi connectivity index (χ2n) is 11.1. The van der Waals surface area contributed by atoms with E-state index in [2.05, 4.69) is 5.32 Å². The number of ether oxygens (including phenoxy) is 1. The topological polar surface area (TPSA) is 96.0 Å². The quantitative estimate of drug-likeness (QED) is 0.281. The molecule has 230 valence electrons. The summed E-state index contributed by atoms with van der Waals surface area (Å²) in [5, 5.41) is 3.57. The number of rotatable bonds is 11. The SMILES string of the molecule is COc1ccc(CN(C(=O)CN(c2ccc(Cl)cc2C)S(=O)(=O)c2ccc(C)cc2)[C@@H](C)C(=O)NC2CCCCC2)cc1. The molecule has 10 heteroatoms. The fourth-order valence-corrected chi connectivity index (χ4v) is 7.03. The molecule has 3 aromatic carbocycles. The lowest BCUT2D eigenvalue weighted by Crippen LogP contribution is -2.53. The summed E-state index contributed by atoms with van der Waals surface area (Å²) in [6.07, 6.45) is 5.08. The van der Waals surface area contributed by atoms with Crippen LogP contribution in [0.4, 0.5) is 5.69 Å². The van der Waals surface area contributed by atoms with Gasteiger partial charge in [0.15, 0.2) is 0 Å². The van der Waals surface area contributed by atoms with Gasteiger partial charge in [-0.25, -0.2) is 8.42 Å². The van der Waals surface area contributed by atoms with E-state index >= 15 is 0 Å². The van der Waals surface area contributed by atoms with Crippen LogP contribution in [0.3, 0.4) is 0 Å². The summed E-state index contributed by atoms with van der Waals surface area (Å²) in [7, 11) is -2.59. The number of carbonyl (C=O) groups excluding carboxylic acids is 2. The molecule has 1 saturated carbocycles. The summed E-state index contributed by atoms with van der Waals surface area (Å²) in [4.78, 5) is 29.2. The number of carbonyl (C=O) groups is 2. The summed E-state index contributed by atoms with van der Waals surface area (Å²) in [6, 6.07) is 17.8. The molecular weight excluding hydrogens is 586 g/mol. The van der Waals surface area contributed by atoms with Crippen molar-refractivity contribution in [1.82, 2.24) is 10.2 Å². The van der Waals surface area contributed by atoms with Crippen LogP contribution in [0.25, 0.3) is 0 Å². The highest BCUT2D eigenvalue weighted by molar-refractivity contribution is 7.92. The van der Waals surface area contributed by atoms with Crippen LogP contribution in [-0.4, -0.2) is 50.9 Å². The maximum atomic E-state index is 14.2. The first-order valence-corrected chi connectivity index (χ1v) is 16.4. The first-order valence-electron chi connectivity index (χ1n) is 14.6. The van der Waals surface area contributed by atoms with Gasteiger partial charge in [-0.05, 0) is 87.2 Å². The number of nitrogens with zero attached hydrogens (tertiary/aromatic N) is 2. The summed E-state index contributed by atoms with van der Waals surface area (Å²) >= 11 is 6.20. The lowest BCUT2D eigenvalue weighted by Gasteiger charge is -2.33. The third-order valence-electron chi connectivity index (χ3n) is 7.95. The molecule has 1 aliphatic rings. The number of hydrogen-bond donors (Lipinski definition) is 1. The van der Waals surface area contributed by atoms with E-state index in [-0.39, 0.29) is 23.4 Å². The molecule has 4 rings (SSSR count). The van der Waals surface area contributed by atoms with Crippen LogP contribution >= 0.6 is 11.6 Å². The Hall–Kier alpha value is -3.56. The van der Waals surface area contributed by atoms with Gasteiger partial charge >= 0.3 is 0 Å². The summed E-state index contributed by atoms with van der Waals surface area (Å²) < 4.78 is 34.5. The average molecular weight is 626 g/mol. The van der Waals surface area contributed by atoms with Gasteiger partial charge in [-0.3, -0.25) is 13.9 Å². The number of anilines is 1. The zero-order valence-corrected chi connectivity index (χ0v) is 26.7. The molecule has 0 spiro atoms. The summed E-state index contributed by atoms with van der Waals surface area (Å²) in [5.41, 5.74) is 2.62. The molecule has 1 fully saturated rings. The van der Waals surface area contributed by atoms with E-state index in [1.165, 1.54) is 17.0 Å². The summed E-state index contributed by atoms with van der Waals surface area (Å²) in [5.74, 6) is -0.102. The van der Waals surface area contributed by atoms with Crippen molar-refractivity contribution in [3.63, 3.8) is 0 Å². The number of sulfonamides is 1. The number of aryl methyl sites for hydroxylation is 2. The Morgan fingerprint density at radius 1 is 0.977 bits per heavy atom. The third kappa shape index (κ3) is 8.09. The van der Waals surface area contributed by atoms with Crippen LogP contribution in [0.1, 0.15) is 55.7 Å². The van der Waals surface area contributed by atoms with Crippen molar-refractivity contribution in [2.45, 2.75) is 76.4 Å². The van der Waals surface area contributed by atoms with Crippen molar-refractivity contribution in [2.75, 3.05) is 18.0 Å². The van der Waals surface area contributed by atoms with Crippen LogP contribution in [0.5, 0.6) is 5.75 Å². The van der Waals surface area contributed by atoms with Gasteiger partial charge in [-0.1, -0.05) is 60.7 Å². The van der Waals surface area contributed by atoms with Crippen LogP contribution in [0.2, 0.25) is 5.02 Å². The molecule has 0 radical (unpaired) electrons. The maximum absolute atomic E-state index is 14.2. The molecule has 43 heavy (non-hydrogen) atoms. The predicted molar refractivity (Wildman–Crippen MR) is 170 cm³/mol. The Morgan fingerprint density at radius 3 is 2.23 bits per heavy atom. The van der Waals surface area contributed by atoms with Crippen LogP contribution in [0.15, 0.2) is 71.6 Å². The van der Waals surface area contributed by atoms with Crippen molar-refractivity contribution in [3.8, 4) is 5.75 Å². The molecule has 8 nitrogen and oxygen atoms in total. The van der Waals surface area contributed by atoms with Gasteiger partial charge in [0.2, 0.25) is 11.8 Å². The normalized spacial score (nSPS) is 14.5. The molecule has 0 aliphatic heterocycles. The van der Waals surface area contributed by atoms with E-state index in [0.29, 0.717) is 22.0 Å². The van der Waals surface area contributed by atoms with Gasteiger partial charge in [0.25, 0.3) is 10.0 Å².